The summed E-state index contributed by atoms with van der Waals surface area (Å²) in [5, 5.41) is 15.0. The lowest BCUT2D eigenvalue weighted by Crippen LogP contribution is -2.48. The number of aromatic nitrogens is 3. The quantitative estimate of drug-likeness (QED) is 0.480. The van der Waals surface area contributed by atoms with Crippen LogP contribution in [0.4, 0.5) is 0 Å². The summed E-state index contributed by atoms with van der Waals surface area (Å²) in [6, 6.07) is -1.44. The van der Waals surface area contributed by atoms with Crippen molar-refractivity contribution in [1.82, 2.24) is 24.9 Å². The maximum Gasteiger partial charge on any atom is 0.265 e. The number of carbonyl (C=O) groups is 2. The van der Waals surface area contributed by atoms with E-state index in [0.717, 1.165) is 0 Å². The van der Waals surface area contributed by atoms with E-state index >= 15 is 0 Å². The minimum absolute atomic E-state index is 0.0401. The molecule has 35 heavy (non-hydrogen) atoms. The zero-order chi connectivity index (χ0) is 25.8. The van der Waals surface area contributed by atoms with Gasteiger partial charge in [0.25, 0.3) is 17.3 Å². The van der Waals surface area contributed by atoms with E-state index in [9.17, 15) is 14.4 Å². The highest BCUT2D eigenvalue weighted by Gasteiger charge is 2.43. The van der Waals surface area contributed by atoms with E-state index in [1.165, 1.54) is 36.1 Å². The van der Waals surface area contributed by atoms with E-state index in [0.29, 0.717) is 25.0 Å². The van der Waals surface area contributed by atoms with Crippen LogP contribution in [0.5, 0.6) is 5.88 Å². The van der Waals surface area contributed by atoms with Crippen LogP contribution < -0.4 is 15.6 Å². The molecule has 2 aromatic rings. The molecule has 12 heteroatoms. The van der Waals surface area contributed by atoms with Gasteiger partial charge in [0.2, 0.25) is 5.91 Å². The molecule has 2 aromatic heterocycles. The lowest BCUT2D eigenvalue weighted by molar-refractivity contribution is -0.126. The topological polar surface area (TPSA) is 144 Å². The second-order valence-electron chi connectivity index (χ2n) is 8.59. The number of rotatable bonds is 11. The van der Waals surface area contributed by atoms with Crippen molar-refractivity contribution in [3.05, 3.63) is 39.8 Å². The van der Waals surface area contributed by atoms with Crippen LogP contribution in [0.2, 0.25) is 0 Å². The average Bonchev–Trinajstić information content (AvgIpc) is 3.50. The summed E-state index contributed by atoms with van der Waals surface area (Å²) >= 11 is 0. The van der Waals surface area contributed by atoms with Gasteiger partial charge < -0.3 is 24.0 Å². The maximum atomic E-state index is 13.8. The molecule has 1 unspecified atom stereocenters. The highest BCUT2D eigenvalue weighted by molar-refractivity contribution is 5.97. The fourth-order valence-electron chi connectivity index (χ4n) is 3.73. The first-order valence-corrected chi connectivity index (χ1v) is 11.1. The van der Waals surface area contributed by atoms with Crippen LogP contribution in [0.3, 0.4) is 0 Å². The first-order valence-electron chi connectivity index (χ1n) is 11.1. The largest absolute Gasteiger partial charge is 0.479 e. The molecule has 0 spiro atoms. The Kier molecular flexibility index (Phi) is 7.68. The molecular weight excluding hydrogens is 454 g/mol. The van der Waals surface area contributed by atoms with Gasteiger partial charge in [-0.15, -0.1) is 12.3 Å². The summed E-state index contributed by atoms with van der Waals surface area (Å²) in [4.78, 5) is 45.4. The Bertz CT molecular complexity index is 1220. The molecule has 1 atom stereocenters. The minimum atomic E-state index is -1.21. The van der Waals surface area contributed by atoms with E-state index < -0.39 is 29.1 Å². The second-order valence-corrected chi connectivity index (χ2v) is 8.59. The van der Waals surface area contributed by atoms with Gasteiger partial charge in [0.15, 0.2) is 5.66 Å². The molecule has 1 aliphatic heterocycles. The Hall–Kier alpha value is -4.01. The number of nitrogens with zero attached hydrogens (tertiary/aromatic N) is 6. The van der Waals surface area contributed by atoms with E-state index in [1.54, 1.807) is 20.8 Å². The van der Waals surface area contributed by atoms with Crippen molar-refractivity contribution in [3.8, 4) is 18.2 Å². The van der Waals surface area contributed by atoms with Gasteiger partial charge in [0, 0.05) is 45.1 Å². The maximum absolute atomic E-state index is 13.8. The van der Waals surface area contributed by atoms with Gasteiger partial charge >= 0.3 is 0 Å². The molecule has 3 rings (SSSR count). The van der Waals surface area contributed by atoms with Crippen molar-refractivity contribution in [3.63, 3.8) is 0 Å². The number of ether oxygens (including phenoxy) is 1. The predicted molar refractivity (Wildman–Crippen MR) is 125 cm³/mol. The van der Waals surface area contributed by atoms with Crippen molar-refractivity contribution in [1.29, 1.82) is 0 Å². The van der Waals surface area contributed by atoms with Crippen LogP contribution in [0.25, 0.3) is 0 Å². The van der Waals surface area contributed by atoms with Gasteiger partial charge in [-0.05, 0) is 25.9 Å². The molecule has 12 nitrogen and oxygen atoms in total. The molecule has 0 saturated carbocycles. The molecule has 0 fully saturated rings. The molecule has 0 radical (unpaired) electrons. The van der Waals surface area contributed by atoms with Gasteiger partial charge in [-0.25, -0.2) is 4.98 Å². The molecule has 1 aliphatic rings. The van der Waals surface area contributed by atoms with Crippen molar-refractivity contribution in [2.45, 2.75) is 57.8 Å². The van der Waals surface area contributed by atoms with E-state index in [4.69, 9.17) is 15.7 Å². The number of aryl methyl sites for hydroxylation is 2. The fourth-order valence-corrected chi connectivity index (χ4v) is 3.73. The van der Waals surface area contributed by atoms with Crippen molar-refractivity contribution < 1.29 is 18.8 Å². The molecule has 0 aliphatic carbocycles. The van der Waals surface area contributed by atoms with Gasteiger partial charge in [-0.3, -0.25) is 14.4 Å². The molecule has 2 amide bonds. The minimum Gasteiger partial charge on any atom is -0.479 e. The molecular formula is C23H29N7O5. The first-order chi connectivity index (χ1) is 16.6. The van der Waals surface area contributed by atoms with Crippen molar-refractivity contribution >= 4 is 11.8 Å². The summed E-state index contributed by atoms with van der Waals surface area (Å²) in [6.45, 7) is 5.25. The zero-order valence-corrected chi connectivity index (χ0v) is 20.4. The number of methoxy groups -OCH3 is 1. The fraction of sp³-hybridized carbons (Fsp3) is 0.522. The van der Waals surface area contributed by atoms with E-state index in [-0.39, 0.29) is 29.6 Å². The van der Waals surface area contributed by atoms with Crippen LogP contribution in [0, 0.1) is 19.3 Å². The summed E-state index contributed by atoms with van der Waals surface area (Å²) in [6.07, 6.45) is 9.16. The third-order valence-electron chi connectivity index (χ3n) is 5.62. The van der Waals surface area contributed by atoms with Crippen LogP contribution in [0.1, 0.15) is 60.8 Å². The Morgan fingerprint density at radius 2 is 2.06 bits per heavy atom. The molecule has 0 saturated heterocycles. The lowest BCUT2D eigenvalue weighted by atomic mass is 10.00. The van der Waals surface area contributed by atoms with Crippen molar-refractivity contribution in [2.75, 3.05) is 13.7 Å². The normalized spacial score (nSPS) is 14.3. The standard InChI is InChI=1S/C23H29N7O5/c1-7-8-9-23(27-28-23)10-11-30(22(33)16-12-24-13-29(5)21(16)32)18(19(31)25-14(2)3)17-15(4)35-26-20(17)34-6/h1,12-14,18H,8-11H2,2-6H3,(H,25,31). The Balaban J connectivity index is 2.10. The summed E-state index contributed by atoms with van der Waals surface area (Å²) in [5.41, 5.74) is -1.18. The van der Waals surface area contributed by atoms with Gasteiger partial charge in [-0.2, -0.15) is 10.2 Å². The van der Waals surface area contributed by atoms with Crippen LogP contribution >= 0.6 is 0 Å². The number of hydrogen-bond acceptors (Lipinski definition) is 9. The number of hydrogen-bond donors (Lipinski definition) is 1. The Labute approximate surface area is 202 Å². The highest BCUT2D eigenvalue weighted by Crippen LogP contribution is 2.39. The summed E-state index contributed by atoms with van der Waals surface area (Å²) in [7, 11) is 2.88. The SMILES string of the molecule is C#CCCC1(CCN(C(=O)c2cncn(C)c2=O)C(C(=O)NC(C)C)c2c(OC)noc2C)N=N1. The number of nitrogens with one attached hydrogen (secondary N) is 1. The van der Waals surface area contributed by atoms with Crippen LogP contribution in [-0.4, -0.2) is 56.8 Å². The first kappa shape index (κ1) is 25.6. The van der Waals surface area contributed by atoms with Gasteiger partial charge in [-0.1, -0.05) is 0 Å². The van der Waals surface area contributed by atoms with Gasteiger partial charge in [0.1, 0.15) is 17.4 Å². The van der Waals surface area contributed by atoms with Crippen molar-refractivity contribution in [2.24, 2.45) is 17.3 Å². The average molecular weight is 484 g/mol. The molecule has 186 valence electrons. The summed E-state index contributed by atoms with van der Waals surface area (Å²) < 4.78 is 11.8. The van der Waals surface area contributed by atoms with E-state index in [2.05, 4.69) is 31.6 Å². The zero-order valence-electron chi connectivity index (χ0n) is 20.4. The Morgan fingerprint density at radius 3 is 2.66 bits per heavy atom. The number of amides is 2. The third-order valence-corrected chi connectivity index (χ3v) is 5.62. The van der Waals surface area contributed by atoms with Gasteiger partial charge in [0.05, 0.1) is 19.0 Å². The monoisotopic (exact) mass is 483 g/mol. The predicted octanol–water partition coefficient (Wildman–Crippen LogP) is 1.76. The summed E-state index contributed by atoms with van der Waals surface area (Å²) in [5.74, 6) is 1.76. The molecule has 0 bridgehead atoms. The van der Waals surface area contributed by atoms with Crippen LogP contribution in [0.15, 0.2) is 32.1 Å². The number of terminal acetylenes is 1. The molecule has 3 heterocycles. The van der Waals surface area contributed by atoms with Crippen LogP contribution in [-0.2, 0) is 11.8 Å². The highest BCUT2D eigenvalue weighted by atomic mass is 16.5. The number of carbonyl (C=O) groups excluding carboxylic acids is 2. The smallest absolute Gasteiger partial charge is 0.265 e. The van der Waals surface area contributed by atoms with E-state index in [1.807, 2.05) is 0 Å². The lowest BCUT2D eigenvalue weighted by Gasteiger charge is -2.32. The Morgan fingerprint density at radius 1 is 1.34 bits per heavy atom. The third kappa shape index (κ3) is 5.56. The molecule has 1 N–H and O–H groups in total. The molecule has 0 aromatic carbocycles. The second kappa shape index (κ2) is 10.5.